The van der Waals surface area contributed by atoms with E-state index in [0.29, 0.717) is 6.42 Å². The zero-order valence-corrected chi connectivity index (χ0v) is 6.84. The first kappa shape index (κ1) is 7.35. The highest BCUT2D eigenvalue weighted by atomic mass is 16.1. The van der Waals surface area contributed by atoms with Crippen LogP contribution in [0.5, 0.6) is 0 Å². The Morgan fingerprint density at radius 1 is 1.33 bits per heavy atom. The lowest BCUT2D eigenvalue weighted by molar-refractivity contribution is -0.120. The van der Waals surface area contributed by atoms with Crippen LogP contribution in [0.2, 0.25) is 0 Å². The van der Waals surface area contributed by atoms with Crippen LogP contribution >= 0.6 is 0 Å². The summed E-state index contributed by atoms with van der Waals surface area (Å²) in [6.07, 6.45) is 10.7. The summed E-state index contributed by atoms with van der Waals surface area (Å²) in [4.78, 5) is 11.0. The summed E-state index contributed by atoms with van der Waals surface area (Å²) in [5.41, 5.74) is 2.26. The van der Waals surface area contributed by atoms with Crippen molar-refractivity contribution in [2.24, 2.45) is 0 Å². The number of fused-ring (bicyclic) bond motifs is 1. The molecule has 2 aliphatic rings. The van der Waals surface area contributed by atoms with Crippen LogP contribution in [0, 0.1) is 0 Å². The fraction of sp³-hybridized carbons (Fsp3) is 0.300. The van der Waals surface area contributed by atoms with Gasteiger partial charge in [0.15, 0.2) is 0 Å². The Morgan fingerprint density at radius 3 is 3.17 bits per heavy atom. The van der Waals surface area contributed by atoms with Gasteiger partial charge in [-0.15, -0.1) is 0 Å². The Labute approximate surface area is 71.7 Å². The molecule has 2 heteroatoms. The smallest absolute Gasteiger partial charge is 0.224 e. The van der Waals surface area contributed by atoms with Crippen molar-refractivity contribution in [3.8, 4) is 0 Å². The average Bonchev–Trinajstić information content (AvgIpc) is 2.28. The van der Waals surface area contributed by atoms with E-state index in [-0.39, 0.29) is 5.91 Å². The second kappa shape index (κ2) is 2.97. The van der Waals surface area contributed by atoms with E-state index >= 15 is 0 Å². The summed E-state index contributed by atoms with van der Waals surface area (Å²) in [7, 11) is 0. The molecule has 0 aromatic carbocycles. The molecule has 1 N–H and O–H groups in total. The Hall–Kier alpha value is -1.31. The Balaban J connectivity index is 2.28. The van der Waals surface area contributed by atoms with Gasteiger partial charge >= 0.3 is 0 Å². The minimum absolute atomic E-state index is 0.139. The molecule has 1 heterocycles. The molecular weight excluding hydrogens is 150 g/mol. The van der Waals surface area contributed by atoms with Gasteiger partial charge in [0.25, 0.3) is 0 Å². The lowest BCUT2D eigenvalue weighted by Gasteiger charge is -2.18. The third-order valence-corrected chi connectivity index (χ3v) is 2.13. The fourth-order valence-electron chi connectivity index (χ4n) is 1.48. The number of nitrogens with one attached hydrogen (secondary N) is 1. The van der Waals surface area contributed by atoms with E-state index in [9.17, 15) is 4.79 Å². The standard InChI is InChI=1S/C10H11NO/c12-10-7-6-8-4-2-1-3-5-9(8)11-10/h1-2,4-5H,3,6-7H2,(H,11,12). The maximum atomic E-state index is 11.0. The van der Waals surface area contributed by atoms with Crippen molar-refractivity contribution >= 4 is 5.91 Å². The number of hydrogen-bond donors (Lipinski definition) is 1. The van der Waals surface area contributed by atoms with Crippen molar-refractivity contribution in [1.82, 2.24) is 5.32 Å². The van der Waals surface area contributed by atoms with Gasteiger partial charge in [0, 0.05) is 12.1 Å². The predicted molar refractivity (Wildman–Crippen MR) is 47.3 cm³/mol. The Kier molecular flexibility index (Phi) is 1.82. The molecule has 0 aromatic rings. The molecule has 0 spiro atoms. The van der Waals surface area contributed by atoms with Crippen LogP contribution in [0.3, 0.4) is 0 Å². The van der Waals surface area contributed by atoms with Gasteiger partial charge in [-0.25, -0.2) is 0 Å². The van der Waals surface area contributed by atoms with Crippen LogP contribution in [0.4, 0.5) is 0 Å². The molecular formula is C10H11NO. The van der Waals surface area contributed by atoms with Gasteiger partial charge in [0.1, 0.15) is 0 Å². The number of carbonyl (C=O) groups is 1. The van der Waals surface area contributed by atoms with Crippen molar-refractivity contribution in [3.05, 3.63) is 35.6 Å². The van der Waals surface area contributed by atoms with Gasteiger partial charge in [-0.3, -0.25) is 4.79 Å². The van der Waals surface area contributed by atoms with Crippen LogP contribution in [0.1, 0.15) is 19.3 Å². The fourth-order valence-corrected chi connectivity index (χ4v) is 1.48. The van der Waals surface area contributed by atoms with Crippen molar-refractivity contribution in [2.45, 2.75) is 19.3 Å². The molecule has 0 aromatic heterocycles. The summed E-state index contributed by atoms with van der Waals surface area (Å²) in [5.74, 6) is 0.139. The minimum atomic E-state index is 0.139. The largest absolute Gasteiger partial charge is 0.326 e. The van der Waals surface area contributed by atoms with Crippen molar-refractivity contribution in [2.75, 3.05) is 0 Å². The van der Waals surface area contributed by atoms with Gasteiger partial charge < -0.3 is 5.32 Å². The summed E-state index contributed by atoms with van der Waals surface area (Å²) in [6, 6.07) is 0. The highest BCUT2D eigenvalue weighted by Crippen LogP contribution is 2.21. The van der Waals surface area contributed by atoms with E-state index < -0.39 is 0 Å². The second-order valence-electron chi connectivity index (χ2n) is 3.02. The van der Waals surface area contributed by atoms with Gasteiger partial charge in [-0.2, -0.15) is 0 Å². The molecule has 0 saturated carbocycles. The maximum absolute atomic E-state index is 11.0. The summed E-state index contributed by atoms with van der Waals surface area (Å²) < 4.78 is 0. The van der Waals surface area contributed by atoms with Crippen LogP contribution < -0.4 is 5.32 Å². The number of allylic oxidation sites excluding steroid dienone is 5. The monoisotopic (exact) mass is 161 g/mol. The number of amides is 1. The molecule has 0 atom stereocenters. The molecule has 1 amide bonds. The topological polar surface area (TPSA) is 29.1 Å². The normalized spacial score (nSPS) is 21.8. The first-order valence-electron chi connectivity index (χ1n) is 4.22. The Bertz CT molecular complexity index is 297. The molecule has 2 rings (SSSR count). The zero-order valence-electron chi connectivity index (χ0n) is 6.84. The van der Waals surface area contributed by atoms with Gasteiger partial charge in [-0.05, 0) is 18.4 Å². The number of hydrogen-bond acceptors (Lipinski definition) is 1. The van der Waals surface area contributed by atoms with E-state index in [1.54, 1.807) is 0 Å². The quantitative estimate of drug-likeness (QED) is 0.575. The molecule has 1 aliphatic carbocycles. The van der Waals surface area contributed by atoms with E-state index in [2.05, 4.69) is 29.6 Å². The van der Waals surface area contributed by atoms with Crippen molar-refractivity contribution in [3.63, 3.8) is 0 Å². The lowest BCUT2D eigenvalue weighted by Crippen LogP contribution is -2.28. The SMILES string of the molecule is O=C1CCC2=CC=CCC=C2N1. The first-order valence-corrected chi connectivity index (χ1v) is 4.22. The number of rotatable bonds is 0. The van der Waals surface area contributed by atoms with Crippen molar-refractivity contribution in [1.29, 1.82) is 0 Å². The number of carbonyl (C=O) groups excluding carboxylic acids is 1. The molecule has 0 radical (unpaired) electrons. The highest BCUT2D eigenvalue weighted by Gasteiger charge is 2.16. The average molecular weight is 161 g/mol. The van der Waals surface area contributed by atoms with E-state index in [1.807, 2.05) is 0 Å². The van der Waals surface area contributed by atoms with Crippen LogP contribution in [0.25, 0.3) is 0 Å². The molecule has 1 fully saturated rings. The van der Waals surface area contributed by atoms with Crippen molar-refractivity contribution < 1.29 is 4.79 Å². The Morgan fingerprint density at radius 2 is 2.25 bits per heavy atom. The second-order valence-corrected chi connectivity index (χ2v) is 3.02. The molecule has 2 nitrogen and oxygen atoms in total. The molecule has 0 bridgehead atoms. The van der Waals surface area contributed by atoms with Crippen LogP contribution in [-0.4, -0.2) is 5.91 Å². The third kappa shape index (κ3) is 1.33. The molecule has 1 saturated heterocycles. The lowest BCUT2D eigenvalue weighted by atomic mass is 10.0. The molecule has 62 valence electrons. The van der Waals surface area contributed by atoms with Crippen LogP contribution in [0.15, 0.2) is 35.6 Å². The summed E-state index contributed by atoms with van der Waals surface area (Å²) >= 11 is 0. The van der Waals surface area contributed by atoms with Crippen LogP contribution in [-0.2, 0) is 4.79 Å². The third-order valence-electron chi connectivity index (χ3n) is 2.13. The summed E-state index contributed by atoms with van der Waals surface area (Å²) in [6.45, 7) is 0. The number of piperidine rings is 1. The molecule has 0 unspecified atom stereocenters. The first-order chi connectivity index (χ1) is 5.86. The zero-order chi connectivity index (χ0) is 8.39. The minimum Gasteiger partial charge on any atom is -0.326 e. The van der Waals surface area contributed by atoms with E-state index in [4.69, 9.17) is 0 Å². The molecule has 12 heavy (non-hydrogen) atoms. The maximum Gasteiger partial charge on any atom is 0.224 e. The van der Waals surface area contributed by atoms with Gasteiger partial charge in [-0.1, -0.05) is 24.3 Å². The highest BCUT2D eigenvalue weighted by molar-refractivity contribution is 5.81. The summed E-state index contributed by atoms with van der Waals surface area (Å²) in [5, 5.41) is 2.87. The van der Waals surface area contributed by atoms with Gasteiger partial charge in [0.05, 0.1) is 0 Å². The molecule has 1 aliphatic heterocycles. The van der Waals surface area contributed by atoms with Gasteiger partial charge in [0.2, 0.25) is 5.91 Å². The van der Waals surface area contributed by atoms with E-state index in [1.165, 1.54) is 5.57 Å². The van der Waals surface area contributed by atoms with E-state index in [0.717, 1.165) is 18.5 Å². The predicted octanol–water partition coefficient (Wildman–Crippen LogP) is 1.67.